The lowest BCUT2D eigenvalue weighted by Crippen LogP contribution is -2.01. The first-order valence-electron chi connectivity index (χ1n) is 6.75. The molecular weight excluding hydrogens is 228 g/mol. The smallest absolute Gasteiger partial charge is 0.0336 e. The van der Waals surface area contributed by atoms with Crippen LogP contribution in [0.3, 0.4) is 0 Å². The summed E-state index contributed by atoms with van der Waals surface area (Å²) in [6.45, 7) is 8.81. The highest BCUT2D eigenvalue weighted by Gasteiger charge is 2.06. The maximum Gasteiger partial charge on any atom is 0.0336 e. The first-order chi connectivity index (χ1) is 8.04. The molecule has 0 aliphatic rings. The molecular formula is C16H25Cl. The van der Waals surface area contributed by atoms with Crippen molar-refractivity contribution in [1.82, 2.24) is 0 Å². The van der Waals surface area contributed by atoms with E-state index in [9.17, 15) is 0 Å². The molecule has 1 heteroatoms. The summed E-state index contributed by atoms with van der Waals surface area (Å²) in [5.74, 6) is 0. The van der Waals surface area contributed by atoms with Crippen molar-refractivity contribution in [2.45, 2.75) is 65.2 Å². The molecule has 0 heterocycles. The van der Waals surface area contributed by atoms with Crippen LogP contribution in [0.15, 0.2) is 12.1 Å². The van der Waals surface area contributed by atoms with Crippen LogP contribution in [-0.4, -0.2) is 5.38 Å². The van der Waals surface area contributed by atoms with Crippen molar-refractivity contribution in [3.63, 3.8) is 0 Å². The predicted octanol–water partition coefficient (Wildman–Crippen LogP) is 5.34. The Kier molecular flexibility index (Phi) is 6.05. The Bertz CT molecular complexity index is 332. The van der Waals surface area contributed by atoms with Gasteiger partial charge in [-0.25, -0.2) is 0 Å². The Morgan fingerprint density at radius 3 is 2.18 bits per heavy atom. The molecule has 1 aromatic carbocycles. The Labute approximate surface area is 111 Å². The third-order valence-corrected chi connectivity index (χ3v) is 3.82. The van der Waals surface area contributed by atoms with E-state index in [1.54, 1.807) is 0 Å². The molecule has 1 unspecified atom stereocenters. The van der Waals surface area contributed by atoms with E-state index in [1.165, 1.54) is 41.5 Å². The van der Waals surface area contributed by atoms with Gasteiger partial charge in [0.1, 0.15) is 0 Å². The largest absolute Gasteiger partial charge is 0.123 e. The Balaban J connectivity index is 2.52. The average Bonchev–Trinajstić information content (AvgIpc) is 2.22. The zero-order valence-corrected chi connectivity index (χ0v) is 12.4. The SMILES string of the molecule is CCCC(Cl)CCCc1c(C)cc(C)cc1C. The minimum absolute atomic E-state index is 0.367. The van der Waals surface area contributed by atoms with Crippen molar-refractivity contribution in [2.24, 2.45) is 0 Å². The highest BCUT2D eigenvalue weighted by molar-refractivity contribution is 6.20. The van der Waals surface area contributed by atoms with Gasteiger partial charge in [0.25, 0.3) is 0 Å². The quantitative estimate of drug-likeness (QED) is 0.600. The van der Waals surface area contributed by atoms with Crippen LogP contribution < -0.4 is 0 Å². The summed E-state index contributed by atoms with van der Waals surface area (Å²) in [5.41, 5.74) is 5.76. The number of aryl methyl sites for hydroxylation is 3. The molecule has 0 aliphatic heterocycles. The van der Waals surface area contributed by atoms with Gasteiger partial charge in [-0.15, -0.1) is 11.6 Å². The van der Waals surface area contributed by atoms with Crippen LogP contribution in [0, 0.1) is 20.8 Å². The molecule has 0 aromatic heterocycles. The van der Waals surface area contributed by atoms with Gasteiger partial charge in [0.15, 0.2) is 0 Å². The van der Waals surface area contributed by atoms with Gasteiger partial charge in [-0.3, -0.25) is 0 Å². The van der Waals surface area contributed by atoms with Gasteiger partial charge in [-0.2, -0.15) is 0 Å². The minimum atomic E-state index is 0.367. The lowest BCUT2D eigenvalue weighted by Gasteiger charge is -2.12. The zero-order valence-electron chi connectivity index (χ0n) is 11.6. The first-order valence-corrected chi connectivity index (χ1v) is 7.19. The van der Waals surface area contributed by atoms with Crippen LogP contribution in [0.4, 0.5) is 0 Å². The van der Waals surface area contributed by atoms with Crippen molar-refractivity contribution in [3.05, 3.63) is 34.4 Å². The Hall–Kier alpha value is -0.490. The van der Waals surface area contributed by atoms with Gasteiger partial charge in [0.2, 0.25) is 0 Å². The van der Waals surface area contributed by atoms with E-state index in [-0.39, 0.29) is 0 Å². The molecule has 0 N–H and O–H groups in total. The van der Waals surface area contributed by atoms with E-state index in [1.807, 2.05) is 0 Å². The molecule has 0 radical (unpaired) electrons. The summed E-state index contributed by atoms with van der Waals surface area (Å²) in [6.07, 6.45) is 5.86. The molecule has 96 valence electrons. The van der Waals surface area contributed by atoms with Gasteiger partial charge in [0.05, 0.1) is 0 Å². The highest BCUT2D eigenvalue weighted by Crippen LogP contribution is 2.20. The number of hydrogen-bond donors (Lipinski definition) is 0. The number of alkyl halides is 1. The molecule has 1 aromatic rings. The Morgan fingerprint density at radius 2 is 1.65 bits per heavy atom. The normalized spacial score (nSPS) is 12.8. The molecule has 0 nitrogen and oxygen atoms in total. The molecule has 1 rings (SSSR count). The van der Waals surface area contributed by atoms with Crippen molar-refractivity contribution < 1.29 is 0 Å². The van der Waals surface area contributed by atoms with Crippen LogP contribution in [0.5, 0.6) is 0 Å². The third kappa shape index (κ3) is 4.71. The summed E-state index contributed by atoms with van der Waals surface area (Å²) in [4.78, 5) is 0. The summed E-state index contributed by atoms with van der Waals surface area (Å²) >= 11 is 6.25. The topological polar surface area (TPSA) is 0 Å². The Morgan fingerprint density at radius 1 is 1.06 bits per heavy atom. The molecule has 0 spiro atoms. The maximum absolute atomic E-state index is 6.25. The predicted molar refractivity (Wildman–Crippen MR) is 78.1 cm³/mol. The standard InChI is InChI=1S/C16H25Cl/c1-5-7-15(17)8-6-9-16-13(3)10-12(2)11-14(16)4/h10-11,15H,5-9H2,1-4H3. The van der Waals surface area contributed by atoms with Crippen LogP contribution in [0.1, 0.15) is 54.9 Å². The lowest BCUT2D eigenvalue weighted by atomic mass is 9.95. The van der Waals surface area contributed by atoms with E-state index >= 15 is 0 Å². The molecule has 0 bridgehead atoms. The number of halogens is 1. The van der Waals surface area contributed by atoms with Crippen molar-refractivity contribution in [2.75, 3.05) is 0 Å². The average molecular weight is 253 g/mol. The van der Waals surface area contributed by atoms with Gasteiger partial charge in [-0.05, 0) is 63.1 Å². The zero-order chi connectivity index (χ0) is 12.8. The monoisotopic (exact) mass is 252 g/mol. The van der Waals surface area contributed by atoms with E-state index in [2.05, 4.69) is 39.8 Å². The van der Waals surface area contributed by atoms with Crippen molar-refractivity contribution in [3.8, 4) is 0 Å². The summed E-state index contributed by atoms with van der Waals surface area (Å²) < 4.78 is 0. The van der Waals surface area contributed by atoms with Crippen LogP contribution in [-0.2, 0) is 6.42 Å². The van der Waals surface area contributed by atoms with Crippen LogP contribution in [0.25, 0.3) is 0 Å². The maximum atomic E-state index is 6.25. The van der Waals surface area contributed by atoms with Crippen molar-refractivity contribution in [1.29, 1.82) is 0 Å². The van der Waals surface area contributed by atoms with Gasteiger partial charge >= 0.3 is 0 Å². The second kappa shape index (κ2) is 7.06. The first kappa shape index (κ1) is 14.6. The summed E-state index contributed by atoms with van der Waals surface area (Å²) in [6, 6.07) is 4.57. The van der Waals surface area contributed by atoms with Gasteiger partial charge in [0, 0.05) is 5.38 Å². The lowest BCUT2D eigenvalue weighted by molar-refractivity contribution is 0.638. The second-order valence-electron chi connectivity index (χ2n) is 5.16. The minimum Gasteiger partial charge on any atom is -0.123 e. The fourth-order valence-electron chi connectivity index (χ4n) is 2.56. The van der Waals surface area contributed by atoms with Crippen LogP contribution in [0.2, 0.25) is 0 Å². The number of hydrogen-bond acceptors (Lipinski definition) is 0. The summed E-state index contributed by atoms with van der Waals surface area (Å²) in [5, 5.41) is 0.367. The van der Waals surface area contributed by atoms with E-state index < -0.39 is 0 Å². The molecule has 0 saturated carbocycles. The van der Waals surface area contributed by atoms with Gasteiger partial charge < -0.3 is 0 Å². The number of benzene rings is 1. The van der Waals surface area contributed by atoms with E-state index in [0.29, 0.717) is 5.38 Å². The highest BCUT2D eigenvalue weighted by atomic mass is 35.5. The summed E-state index contributed by atoms with van der Waals surface area (Å²) in [7, 11) is 0. The third-order valence-electron chi connectivity index (χ3n) is 3.39. The van der Waals surface area contributed by atoms with E-state index in [4.69, 9.17) is 11.6 Å². The molecule has 0 saturated heterocycles. The molecule has 1 atom stereocenters. The second-order valence-corrected chi connectivity index (χ2v) is 5.77. The van der Waals surface area contributed by atoms with Gasteiger partial charge in [-0.1, -0.05) is 31.0 Å². The number of rotatable bonds is 6. The van der Waals surface area contributed by atoms with E-state index in [0.717, 1.165) is 12.8 Å². The fraction of sp³-hybridized carbons (Fsp3) is 0.625. The molecule has 17 heavy (non-hydrogen) atoms. The van der Waals surface area contributed by atoms with Crippen LogP contribution >= 0.6 is 11.6 Å². The molecule has 0 aliphatic carbocycles. The molecule has 0 fully saturated rings. The fourth-order valence-corrected chi connectivity index (χ4v) is 2.93. The van der Waals surface area contributed by atoms with Crippen molar-refractivity contribution >= 4 is 11.6 Å². The molecule has 0 amide bonds.